The Labute approximate surface area is 146 Å². The number of rotatable bonds is 6. The van der Waals surface area contributed by atoms with Crippen molar-refractivity contribution in [3.05, 3.63) is 63.6 Å². The van der Waals surface area contributed by atoms with Crippen molar-refractivity contribution in [3.63, 3.8) is 0 Å². The molecule has 0 heterocycles. The van der Waals surface area contributed by atoms with Crippen LogP contribution in [0.1, 0.15) is 29.3 Å². The van der Waals surface area contributed by atoms with E-state index in [0.29, 0.717) is 21.4 Å². The van der Waals surface area contributed by atoms with E-state index in [1.165, 1.54) is 12.7 Å². The average Bonchev–Trinajstić information content (AvgIpc) is 2.53. The Morgan fingerprint density at radius 3 is 2.35 bits per heavy atom. The summed E-state index contributed by atoms with van der Waals surface area (Å²) >= 11 is 12.1. The predicted octanol–water partition coefficient (Wildman–Crippen LogP) is 4.75. The Morgan fingerprint density at radius 1 is 1.17 bits per heavy atom. The number of carbonyl (C=O) groups is 1. The number of carbonyl (C=O) groups excluding carboxylic acids is 1. The van der Waals surface area contributed by atoms with Crippen LogP contribution < -0.4 is 10.1 Å². The summed E-state index contributed by atoms with van der Waals surface area (Å²) in [5.74, 6) is 0.180. The fraction of sp³-hybridized carbons (Fsp3) is 0.278. The Hall–Kier alpha value is -1.71. The zero-order valence-corrected chi connectivity index (χ0v) is 14.6. The van der Waals surface area contributed by atoms with Crippen LogP contribution in [0.15, 0.2) is 42.5 Å². The monoisotopic (exact) mass is 351 g/mol. The molecular formula is C18H19Cl2NO2. The molecule has 5 heteroatoms. The van der Waals surface area contributed by atoms with Gasteiger partial charge in [0.1, 0.15) is 0 Å². The van der Waals surface area contributed by atoms with Crippen molar-refractivity contribution in [2.24, 2.45) is 0 Å². The molecule has 0 radical (unpaired) electrons. The van der Waals surface area contributed by atoms with Gasteiger partial charge in [0.25, 0.3) is 5.91 Å². The lowest BCUT2D eigenvalue weighted by molar-refractivity contribution is 0.0938. The van der Waals surface area contributed by atoms with Crippen molar-refractivity contribution in [1.29, 1.82) is 0 Å². The van der Waals surface area contributed by atoms with Crippen LogP contribution in [-0.4, -0.2) is 19.1 Å². The summed E-state index contributed by atoms with van der Waals surface area (Å²) in [5.41, 5.74) is 1.68. The van der Waals surface area contributed by atoms with E-state index in [2.05, 4.69) is 17.4 Å². The third-order valence-corrected chi connectivity index (χ3v) is 4.11. The Balaban J connectivity index is 1.96. The molecule has 0 aliphatic heterocycles. The first-order valence-electron chi connectivity index (χ1n) is 7.39. The fourth-order valence-electron chi connectivity index (χ4n) is 2.29. The highest BCUT2D eigenvalue weighted by Gasteiger charge is 2.15. The molecule has 1 atom stereocenters. The van der Waals surface area contributed by atoms with Gasteiger partial charge in [-0.25, -0.2) is 0 Å². The first-order chi connectivity index (χ1) is 11.0. The highest BCUT2D eigenvalue weighted by Crippen LogP contribution is 2.33. The molecule has 0 aromatic heterocycles. The molecule has 0 aliphatic rings. The third-order valence-electron chi connectivity index (χ3n) is 3.55. The molecule has 0 saturated heterocycles. The van der Waals surface area contributed by atoms with Crippen LogP contribution in [0, 0.1) is 0 Å². The number of methoxy groups -OCH3 is 1. The van der Waals surface area contributed by atoms with Crippen LogP contribution in [0.4, 0.5) is 0 Å². The van der Waals surface area contributed by atoms with Crippen LogP contribution in [0.3, 0.4) is 0 Å². The van der Waals surface area contributed by atoms with E-state index in [4.69, 9.17) is 27.9 Å². The van der Waals surface area contributed by atoms with Crippen molar-refractivity contribution in [2.75, 3.05) is 7.11 Å². The quantitative estimate of drug-likeness (QED) is 0.815. The molecule has 2 rings (SSSR count). The normalized spacial score (nSPS) is 11.8. The second-order valence-corrected chi connectivity index (χ2v) is 6.19. The fourth-order valence-corrected chi connectivity index (χ4v) is 2.93. The molecule has 2 aromatic rings. The maximum atomic E-state index is 12.3. The molecule has 1 amide bonds. The summed E-state index contributed by atoms with van der Waals surface area (Å²) in [7, 11) is 1.48. The standard InChI is InChI=1S/C18H19Cl2NO2/c1-12(8-9-13-6-4-3-5-7-13)21-18(22)14-10-15(19)17(23-2)16(20)11-14/h3-7,10-12H,8-9H2,1-2H3,(H,21,22)/t12-/m1/s1. The van der Waals surface area contributed by atoms with Crippen LogP contribution in [0.5, 0.6) is 5.75 Å². The molecule has 0 unspecified atom stereocenters. The first-order valence-corrected chi connectivity index (χ1v) is 8.14. The maximum absolute atomic E-state index is 12.3. The number of nitrogens with one attached hydrogen (secondary N) is 1. The topological polar surface area (TPSA) is 38.3 Å². The molecule has 23 heavy (non-hydrogen) atoms. The van der Waals surface area contributed by atoms with Gasteiger partial charge < -0.3 is 10.1 Å². The zero-order chi connectivity index (χ0) is 16.8. The van der Waals surface area contributed by atoms with Gasteiger partial charge in [0.2, 0.25) is 0 Å². The minimum absolute atomic E-state index is 0.0439. The third kappa shape index (κ3) is 4.88. The van der Waals surface area contributed by atoms with Gasteiger partial charge in [-0.2, -0.15) is 0 Å². The highest BCUT2D eigenvalue weighted by atomic mass is 35.5. The van der Waals surface area contributed by atoms with Gasteiger partial charge in [-0.05, 0) is 37.5 Å². The molecule has 0 spiro atoms. The van der Waals surface area contributed by atoms with Crippen molar-refractivity contribution in [2.45, 2.75) is 25.8 Å². The predicted molar refractivity (Wildman–Crippen MR) is 94.7 cm³/mol. The Bertz CT molecular complexity index is 651. The van der Waals surface area contributed by atoms with Gasteiger partial charge >= 0.3 is 0 Å². The Morgan fingerprint density at radius 2 is 1.78 bits per heavy atom. The summed E-state index contributed by atoms with van der Waals surface area (Å²) in [6.45, 7) is 1.98. The van der Waals surface area contributed by atoms with Crippen molar-refractivity contribution < 1.29 is 9.53 Å². The molecule has 3 nitrogen and oxygen atoms in total. The molecule has 0 saturated carbocycles. The lowest BCUT2D eigenvalue weighted by atomic mass is 10.1. The smallest absolute Gasteiger partial charge is 0.251 e. The van der Waals surface area contributed by atoms with Crippen LogP contribution in [0.2, 0.25) is 10.0 Å². The summed E-state index contributed by atoms with van der Waals surface area (Å²) in [5, 5.41) is 3.60. The minimum atomic E-state index is -0.197. The number of halogens is 2. The number of ether oxygens (including phenoxy) is 1. The zero-order valence-electron chi connectivity index (χ0n) is 13.1. The van der Waals surface area contributed by atoms with E-state index < -0.39 is 0 Å². The van der Waals surface area contributed by atoms with Crippen molar-refractivity contribution in [3.8, 4) is 5.75 Å². The average molecular weight is 352 g/mol. The number of aryl methyl sites for hydroxylation is 1. The maximum Gasteiger partial charge on any atom is 0.251 e. The van der Waals surface area contributed by atoms with Gasteiger partial charge in [-0.15, -0.1) is 0 Å². The van der Waals surface area contributed by atoms with Crippen LogP contribution in [0.25, 0.3) is 0 Å². The molecule has 0 fully saturated rings. The summed E-state index contributed by atoms with van der Waals surface area (Å²) < 4.78 is 5.08. The molecule has 1 N–H and O–H groups in total. The van der Waals surface area contributed by atoms with Crippen LogP contribution in [-0.2, 0) is 6.42 Å². The highest BCUT2D eigenvalue weighted by molar-refractivity contribution is 6.37. The van der Waals surface area contributed by atoms with E-state index >= 15 is 0 Å². The summed E-state index contributed by atoms with van der Waals surface area (Å²) in [6, 6.07) is 13.3. The Kier molecular flexibility index (Phi) is 6.31. The SMILES string of the molecule is COc1c(Cl)cc(C(=O)N[C@H](C)CCc2ccccc2)cc1Cl. The van der Waals surface area contributed by atoms with E-state index in [1.54, 1.807) is 12.1 Å². The second-order valence-electron chi connectivity index (χ2n) is 5.37. The molecule has 0 aliphatic carbocycles. The van der Waals surface area contributed by atoms with E-state index in [-0.39, 0.29) is 11.9 Å². The number of hydrogen-bond donors (Lipinski definition) is 1. The largest absolute Gasteiger partial charge is 0.494 e. The summed E-state index contributed by atoms with van der Waals surface area (Å²) in [4.78, 5) is 12.3. The van der Waals surface area contributed by atoms with Gasteiger partial charge in [0, 0.05) is 11.6 Å². The molecule has 2 aromatic carbocycles. The van der Waals surface area contributed by atoms with Gasteiger partial charge in [0.05, 0.1) is 17.2 Å². The van der Waals surface area contributed by atoms with Crippen LogP contribution >= 0.6 is 23.2 Å². The number of benzene rings is 2. The number of hydrogen-bond acceptors (Lipinski definition) is 2. The molecule has 0 bridgehead atoms. The van der Waals surface area contributed by atoms with Gasteiger partial charge in [-0.1, -0.05) is 53.5 Å². The van der Waals surface area contributed by atoms with E-state index in [9.17, 15) is 4.79 Å². The van der Waals surface area contributed by atoms with Crippen molar-refractivity contribution >= 4 is 29.1 Å². The molecule has 122 valence electrons. The minimum Gasteiger partial charge on any atom is -0.494 e. The first kappa shape index (κ1) is 17.6. The molecular weight excluding hydrogens is 333 g/mol. The van der Waals surface area contributed by atoms with Gasteiger partial charge in [-0.3, -0.25) is 4.79 Å². The van der Waals surface area contributed by atoms with Gasteiger partial charge in [0.15, 0.2) is 5.75 Å². The number of amides is 1. The van der Waals surface area contributed by atoms with E-state index in [0.717, 1.165) is 12.8 Å². The summed E-state index contributed by atoms with van der Waals surface area (Å²) in [6.07, 6.45) is 1.76. The van der Waals surface area contributed by atoms with E-state index in [1.807, 2.05) is 25.1 Å². The lowest BCUT2D eigenvalue weighted by Gasteiger charge is -2.15. The second kappa shape index (κ2) is 8.23. The van der Waals surface area contributed by atoms with Crippen molar-refractivity contribution in [1.82, 2.24) is 5.32 Å². The lowest BCUT2D eigenvalue weighted by Crippen LogP contribution is -2.32.